The number of halogens is 2. The molecule has 1 aromatic heterocycles. The number of amides is 1. The highest BCUT2D eigenvalue weighted by Gasteiger charge is 2.18. The number of carbonyl (C=O) groups excluding carboxylic acids is 1. The molecule has 0 bridgehead atoms. The number of anilines is 2. The van der Waals surface area contributed by atoms with Crippen molar-refractivity contribution >= 4 is 17.3 Å². The van der Waals surface area contributed by atoms with Crippen LogP contribution in [-0.2, 0) is 0 Å². The number of hydrogen-bond donors (Lipinski definition) is 2. The van der Waals surface area contributed by atoms with E-state index in [4.69, 9.17) is 0 Å². The molecule has 0 radical (unpaired) electrons. The number of benzene rings is 1. The number of para-hydroxylation sites is 1. The molecule has 0 spiro atoms. The van der Waals surface area contributed by atoms with Crippen molar-refractivity contribution in [3.63, 3.8) is 0 Å². The third-order valence-electron chi connectivity index (χ3n) is 3.92. The molecule has 1 aromatic carbocycles. The van der Waals surface area contributed by atoms with Gasteiger partial charge in [0.15, 0.2) is 0 Å². The van der Waals surface area contributed by atoms with Gasteiger partial charge in [0.05, 0.1) is 11.9 Å². The minimum atomic E-state index is -0.687. The molecule has 1 amide bonds. The Morgan fingerprint density at radius 3 is 2.39 bits per heavy atom. The fourth-order valence-corrected chi connectivity index (χ4v) is 2.69. The zero-order chi connectivity index (χ0) is 16.2. The molecular formula is C17H17F2N3O. The first-order valence-corrected chi connectivity index (χ1v) is 7.61. The van der Waals surface area contributed by atoms with Crippen molar-refractivity contribution < 1.29 is 13.6 Å². The Hall–Kier alpha value is -2.50. The van der Waals surface area contributed by atoms with Gasteiger partial charge in [-0.15, -0.1) is 0 Å². The van der Waals surface area contributed by atoms with Gasteiger partial charge in [0.1, 0.15) is 23.0 Å². The van der Waals surface area contributed by atoms with E-state index in [1.807, 2.05) is 0 Å². The van der Waals surface area contributed by atoms with Crippen LogP contribution in [0.25, 0.3) is 0 Å². The normalized spacial score (nSPS) is 14.7. The molecule has 2 N–H and O–H groups in total. The van der Waals surface area contributed by atoms with Gasteiger partial charge in [-0.05, 0) is 37.1 Å². The van der Waals surface area contributed by atoms with Gasteiger partial charge >= 0.3 is 0 Å². The average molecular weight is 317 g/mol. The first-order valence-electron chi connectivity index (χ1n) is 7.61. The Balaban J connectivity index is 1.68. The van der Waals surface area contributed by atoms with Gasteiger partial charge in [-0.2, -0.15) is 0 Å². The molecule has 1 saturated carbocycles. The summed E-state index contributed by atoms with van der Waals surface area (Å²) >= 11 is 0. The molecule has 1 aliphatic rings. The summed E-state index contributed by atoms with van der Waals surface area (Å²) < 4.78 is 27.2. The molecule has 6 heteroatoms. The van der Waals surface area contributed by atoms with Gasteiger partial charge in [0.2, 0.25) is 0 Å². The van der Waals surface area contributed by atoms with Crippen LogP contribution in [0, 0.1) is 11.6 Å². The molecule has 1 heterocycles. The highest BCUT2D eigenvalue weighted by Crippen LogP contribution is 2.23. The van der Waals surface area contributed by atoms with Crippen LogP contribution in [0.15, 0.2) is 36.5 Å². The van der Waals surface area contributed by atoms with Crippen molar-refractivity contribution in [3.8, 4) is 0 Å². The number of rotatable bonds is 4. The fourth-order valence-electron chi connectivity index (χ4n) is 2.69. The first-order chi connectivity index (χ1) is 11.1. The zero-order valence-corrected chi connectivity index (χ0v) is 12.5. The lowest BCUT2D eigenvalue weighted by Crippen LogP contribution is -2.33. The number of nitrogens with zero attached hydrogens (tertiary/aromatic N) is 1. The van der Waals surface area contributed by atoms with E-state index >= 15 is 0 Å². The maximum absolute atomic E-state index is 13.6. The van der Waals surface area contributed by atoms with E-state index in [0.717, 1.165) is 25.7 Å². The number of nitrogens with one attached hydrogen (secondary N) is 2. The lowest BCUT2D eigenvalue weighted by atomic mass is 10.2. The molecule has 1 aliphatic carbocycles. The highest BCUT2D eigenvalue weighted by atomic mass is 19.1. The summed E-state index contributed by atoms with van der Waals surface area (Å²) in [6.07, 6.45) is 5.65. The van der Waals surface area contributed by atoms with Crippen LogP contribution in [-0.4, -0.2) is 16.9 Å². The largest absolute Gasteiger partial charge is 0.349 e. The summed E-state index contributed by atoms with van der Waals surface area (Å²) in [5.41, 5.74) is 0.459. The van der Waals surface area contributed by atoms with Crippen LogP contribution >= 0.6 is 0 Å². The molecule has 1 fully saturated rings. The summed E-state index contributed by atoms with van der Waals surface area (Å²) in [6.45, 7) is 0. The van der Waals surface area contributed by atoms with Crippen molar-refractivity contribution in [3.05, 3.63) is 53.9 Å². The molecule has 4 nitrogen and oxygen atoms in total. The molecule has 3 rings (SSSR count). The Morgan fingerprint density at radius 1 is 1.09 bits per heavy atom. The minimum absolute atomic E-state index is 0.217. The molecule has 2 aromatic rings. The van der Waals surface area contributed by atoms with E-state index in [9.17, 15) is 13.6 Å². The van der Waals surface area contributed by atoms with Crippen molar-refractivity contribution in [2.75, 3.05) is 5.32 Å². The highest BCUT2D eigenvalue weighted by molar-refractivity contribution is 5.92. The minimum Gasteiger partial charge on any atom is -0.349 e. The smallest absolute Gasteiger partial charge is 0.270 e. The Labute approximate surface area is 132 Å². The van der Waals surface area contributed by atoms with Crippen LogP contribution in [0.3, 0.4) is 0 Å². The Bertz CT molecular complexity index is 677. The standard InChI is InChI=1S/C17H17F2N3O/c18-13-6-3-7-14(19)16(13)21-12-8-9-15(20-10-12)17(23)22-11-4-1-2-5-11/h3,6-11,21H,1-2,4-5H2,(H,22,23). The summed E-state index contributed by atoms with van der Waals surface area (Å²) in [5, 5.41) is 5.58. The monoisotopic (exact) mass is 317 g/mol. The summed E-state index contributed by atoms with van der Waals surface area (Å²) in [5.74, 6) is -1.60. The second kappa shape index (κ2) is 6.73. The van der Waals surface area contributed by atoms with E-state index in [2.05, 4.69) is 15.6 Å². The molecular weight excluding hydrogens is 300 g/mol. The van der Waals surface area contributed by atoms with Crippen molar-refractivity contribution in [2.45, 2.75) is 31.7 Å². The van der Waals surface area contributed by atoms with Crippen molar-refractivity contribution in [2.24, 2.45) is 0 Å². The van der Waals surface area contributed by atoms with Crippen molar-refractivity contribution in [1.82, 2.24) is 10.3 Å². The van der Waals surface area contributed by atoms with Gasteiger partial charge in [0.25, 0.3) is 5.91 Å². The quantitative estimate of drug-likeness (QED) is 0.902. The number of carbonyl (C=O) groups is 1. The van der Waals surface area contributed by atoms with Crippen LogP contribution in [0.1, 0.15) is 36.2 Å². The van der Waals surface area contributed by atoms with Gasteiger partial charge in [-0.1, -0.05) is 18.9 Å². The zero-order valence-electron chi connectivity index (χ0n) is 12.5. The van der Waals surface area contributed by atoms with E-state index in [-0.39, 0.29) is 23.3 Å². The number of hydrogen-bond acceptors (Lipinski definition) is 3. The van der Waals surface area contributed by atoms with E-state index in [1.54, 1.807) is 6.07 Å². The number of aromatic nitrogens is 1. The number of pyridine rings is 1. The van der Waals surface area contributed by atoms with Gasteiger partial charge in [0, 0.05) is 6.04 Å². The molecule has 120 valence electrons. The third kappa shape index (κ3) is 3.64. The Kier molecular flexibility index (Phi) is 4.50. The summed E-state index contributed by atoms with van der Waals surface area (Å²) in [4.78, 5) is 16.1. The van der Waals surface area contributed by atoms with Gasteiger partial charge < -0.3 is 10.6 Å². The molecule has 0 atom stereocenters. The molecule has 0 aliphatic heterocycles. The Morgan fingerprint density at radius 2 is 1.78 bits per heavy atom. The van der Waals surface area contributed by atoms with Crippen LogP contribution < -0.4 is 10.6 Å². The van der Waals surface area contributed by atoms with E-state index in [0.29, 0.717) is 5.69 Å². The predicted octanol–water partition coefficient (Wildman–Crippen LogP) is 3.78. The second-order valence-corrected chi connectivity index (χ2v) is 5.61. The van der Waals surface area contributed by atoms with Crippen LogP contribution in [0.2, 0.25) is 0 Å². The van der Waals surface area contributed by atoms with Crippen molar-refractivity contribution in [1.29, 1.82) is 0 Å². The lowest BCUT2D eigenvalue weighted by Gasteiger charge is -2.12. The molecule has 23 heavy (non-hydrogen) atoms. The van der Waals surface area contributed by atoms with E-state index in [1.165, 1.54) is 30.5 Å². The lowest BCUT2D eigenvalue weighted by molar-refractivity contribution is 0.0933. The molecule has 0 saturated heterocycles. The summed E-state index contributed by atoms with van der Waals surface area (Å²) in [6, 6.07) is 6.96. The van der Waals surface area contributed by atoms with E-state index < -0.39 is 11.6 Å². The first kappa shape index (κ1) is 15.4. The summed E-state index contributed by atoms with van der Waals surface area (Å²) in [7, 11) is 0. The third-order valence-corrected chi connectivity index (χ3v) is 3.92. The maximum Gasteiger partial charge on any atom is 0.270 e. The van der Waals surface area contributed by atoms with Gasteiger partial charge in [-0.25, -0.2) is 13.8 Å². The van der Waals surface area contributed by atoms with Crippen LogP contribution in [0.5, 0.6) is 0 Å². The second-order valence-electron chi connectivity index (χ2n) is 5.61. The van der Waals surface area contributed by atoms with Gasteiger partial charge in [-0.3, -0.25) is 4.79 Å². The SMILES string of the molecule is O=C(NC1CCCC1)c1ccc(Nc2c(F)cccc2F)cn1. The topological polar surface area (TPSA) is 54.0 Å². The fraction of sp³-hybridized carbons (Fsp3) is 0.294. The maximum atomic E-state index is 13.6. The van der Waals surface area contributed by atoms with Crippen LogP contribution in [0.4, 0.5) is 20.2 Å². The average Bonchev–Trinajstić information content (AvgIpc) is 3.04. The molecule has 0 unspecified atom stereocenters. The predicted molar refractivity (Wildman–Crippen MR) is 83.6 cm³/mol.